The number of amides is 1. The second-order valence-electron chi connectivity index (χ2n) is 6.89. The zero-order chi connectivity index (χ0) is 18.8. The van der Waals surface area contributed by atoms with Gasteiger partial charge in [-0.2, -0.15) is 0 Å². The maximum atomic E-state index is 13.2. The Morgan fingerprint density at radius 2 is 2.11 bits per heavy atom. The number of carbonyl (C=O) groups excluding carboxylic acids is 1. The molecule has 1 aliphatic heterocycles. The number of aromatic amines is 1. The number of hydrogen-bond acceptors (Lipinski definition) is 5. The van der Waals surface area contributed by atoms with Crippen LogP contribution in [0.4, 0.5) is 4.39 Å². The number of carbonyl (C=O) groups is 1. The summed E-state index contributed by atoms with van der Waals surface area (Å²) in [6, 6.07) is 5.38. The van der Waals surface area contributed by atoms with Gasteiger partial charge in [-0.3, -0.25) is 14.9 Å². The number of ether oxygens (including phenoxy) is 1. The van der Waals surface area contributed by atoms with Gasteiger partial charge in [-0.25, -0.2) is 9.37 Å². The van der Waals surface area contributed by atoms with Crippen LogP contribution in [-0.2, 0) is 29.1 Å². The first-order valence-corrected chi connectivity index (χ1v) is 9.08. The summed E-state index contributed by atoms with van der Waals surface area (Å²) in [6.07, 6.45) is 2.54. The van der Waals surface area contributed by atoms with Crippen molar-refractivity contribution < 1.29 is 13.9 Å². The monoisotopic (exact) mass is 372 g/mol. The lowest BCUT2D eigenvalue weighted by molar-refractivity contribution is -0.123. The van der Waals surface area contributed by atoms with Gasteiger partial charge in [0, 0.05) is 12.5 Å². The topological polar surface area (TPSA) is 96.1 Å². The van der Waals surface area contributed by atoms with Gasteiger partial charge in [0.2, 0.25) is 5.91 Å². The van der Waals surface area contributed by atoms with E-state index in [1.807, 2.05) is 0 Å². The first kappa shape index (κ1) is 17.8. The molecular formula is C19H21FN4O3. The van der Waals surface area contributed by atoms with Crippen molar-refractivity contribution >= 4 is 5.91 Å². The van der Waals surface area contributed by atoms with E-state index >= 15 is 0 Å². The van der Waals surface area contributed by atoms with E-state index in [0.29, 0.717) is 30.0 Å². The number of fused-ring (bicyclic) bond motifs is 1. The summed E-state index contributed by atoms with van der Waals surface area (Å²) in [6.45, 7) is 1.02. The van der Waals surface area contributed by atoms with Crippen molar-refractivity contribution in [3.05, 3.63) is 63.1 Å². The highest BCUT2D eigenvalue weighted by Gasteiger charge is 2.28. The minimum atomic E-state index is -0.657. The van der Waals surface area contributed by atoms with Gasteiger partial charge in [-0.15, -0.1) is 0 Å². The van der Waals surface area contributed by atoms with Crippen molar-refractivity contribution in [2.75, 3.05) is 6.61 Å². The molecule has 0 bridgehead atoms. The molecule has 2 heterocycles. The van der Waals surface area contributed by atoms with E-state index in [1.165, 1.54) is 12.1 Å². The number of aromatic nitrogens is 2. The number of nitrogens with one attached hydrogen (secondary N) is 3. The summed E-state index contributed by atoms with van der Waals surface area (Å²) in [4.78, 5) is 32.1. The third-order valence-corrected chi connectivity index (χ3v) is 4.74. The fourth-order valence-electron chi connectivity index (χ4n) is 3.11. The molecule has 27 heavy (non-hydrogen) atoms. The van der Waals surface area contributed by atoms with Gasteiger partial charge in [0.1, 0.15) is 17.7 Å². The minimum Gasteiger partial charge on any atom is -0.376 e. The number of H-pyrrole nitrogens is 1. The Labute approximate surface area is 155 Å². The molecule has 1 aliphatic carbocycles. The Balaban J connectivity index is 1.52. The third kappa shape index (κ3) is 4.23. The average molecular weight is 372 g/mol. The van der Waals surface area contributed by atoms with Gasteiger partial charge in [0.15, 0.2) is 0 Å². The number of benzene rings is 1. The molecule has 0 spiro atoms. The lowest BCUT2D eigenvalue weighted by atomic mass is 10.1. The predicted molar refractivity (Wildman–Crippen MR) is 95.4 cm³/mol. The first-order valence-electron chi connectivity index (χ1n) is 9.08. The summed E-state index contributed by atoms with van der Waals surface area (Å²) in [7, 11) is 0. The first-order chi connectivity index (χ1) is 13.1. The number of rotatable bonds is 6. The maximum Gasteiger partial charge on any atom is 0.256 e. The fraction of sp³-hybridized carbons (Fsp3) is 0.421. The smallest absolute Gasteiger partial charge is 0.256 e. The maximum absolute atomic E-state index is 13.2. The van der Waals surface area contributed by atoms with E-state index in [9.17, 15) is 14.0 Å². The molecule has 1 amide bonds. The Bertz CT molecular complexity index is 893. The number of nitrogens with zero attached hydrogens (tertiary/aromatic N) is 1. The summed E-state index contributed by atoms with van der Waals surface area (Å²) >= 11 is 0. The molecule has 4 rings (SSSR count). The van der Waals surface area contributed by atoms with Crippen LogP contribution in [0.25, 0.3) is 0 Å². The molecule has 8 heteroatoms. The van der Waals surface area contributed by atoms with E-state index in [1.54, 1.807) is 12.1 Å². The highest BCUT2D eigenvalue weighted by atomic mass is 19.1. The molecule has 142 valence electrons. The second kappa shape index (κ2) is 7.58. The van der Waals surface area contributed by atoms with Crippen LogP contribution >= 0.6 is 0 Å². The molecule has 0 radical (unpaired) electrons. The Hall–Kier alpha value is -2.58. The molecule has 1 aromatic carbocycles. The average Bonchev–Trinajstić information content (AvgIpc) is 3.47. The van der Waals surface area contributed by atoms with Crippen LogP contribution in [0.15, 0.2) is 29.1 Å². The van der Waals surface area contributed by atoms with Gasteiger partial charge in [-0.1, -0.05) is 12.1 Å². The Morgan fingerprint density at radius 1 is 1.33 bits per heavy atom. The predicted octanol–water partition coefficient (Wildman–Crippen LogP) is 1.09. The van der Waals surface area contributed by atoms with E-state index in [-0.39, 0.29) is 36.5 Å². The highest BCUT2D eigenvalue weighted by molar-refractivity contribution is 5.83. The minimum absolute atomic E-state index is 0.169. The molecule has 2 aromatic rings. The van der Waals surface area contributed by atoms with Crippen LogP contribution in [0.1, 0.15) is 41.5 Å². The van der Waals surface area contributed by atoms with Crippen molar-refractivity contribution in [2.24, 2.45) is 0 Å². The van der Waals surface area contributed by atoms with Crippen LogP contribution in [0.3, 0.4) is 0 Å². The van der Waals surface area contributed by atoms with Gasteiger partial charge in [-0.05, 0) is 30.5 Å². The van der Waals surface area contributed by atoms with E-state index < -0.39 is 6.04 Å². The van der Waals surface area contributed by atoms with Crippen LogP contribution in [-0.4, -0.2) is 28.5 Å². The molecule has 0 saturated heterocycles. The Kier molecular flexibility index (Phi) is 5.00. The van der Waals surface area contributed by atoms with Crippen molar-refractivity contribution in [2.45, 2.75) is 44.5 Å². The van der Waals surface area contributed by atoms with Gasteiger partial charge < -0.3 is 15.0 Å². The molecular weight excluding hydrogens is 351 g/mol. The summed E-state index contributed by atoms with van der Waals surface area (Å²) in [5.41, 5.74) is 1.75. The highest BCUT2D eigenvalue weighted by Crippen LogP contribution is 2.21. The standard InChI is InChI=1S/C19H21FN4O3/c20-12-3-1-11(2-4-12)17(19(26)22-13-5-6-13)21-9-16-23-15-7-8-27-10-14(15)18(25)24-16/h1-4,13,17,21H,5-10H2,(H,22,26)(H,23,24,25). The van der Waals surface area contributed by atoms with E-state index in [2.05, 4.69) is 20.6 Å². The normalized spacial score (nSPS) is 17.2. The van der Waals surface area contributed by atoms with Gasteiger partial charge in [0.25, 0.3) is 5.56 Å². The quantitative estimate of drug-likeness (QED) is 0.706. The second-order valence-corrected chi connectivity index (χ2v) is 6.89. The molecule has 3 N–H and O–H groups in total. The van der Waals surface area contributed by atoms with Crippen LogP contribution < -0.4 is 16.2 Å². The van der Waals surface area contributed by atoms with Gasteiger partial charge in [0.05, 0.1) is 31.0 Å². The van der Waals surface area contributed by atoms with Crippen LogP contribution in [0.2, 0.25) is 0 Å². The van der Waals surface area contributed by atoms with Gasteiger partial charge >= 0.3 is 0 Å². The zero-order valence-corrected chi connectivity index (χ0v) is 14.8. The van der Waals surface area contributed by atoms with Crippen LogP contribution in [0.5, 0.6) is 0 Å². The zero-order valence-electron chi connectivity index (χ0n) is 14.8. The SMILES string of the molecule is O=C(NC1CC1)C(NCc1nc2c(c(=O)[nH]1)COCC2)c1ccc(F)cc1. The fourth-order valence-corrected chi connectivity index (χ4v) is 3.11. The number of hydrogen-bond donors (Lipinski definition) is 3. The lowest BCUT2D eigenvalue weighted by Crippen LogP contribution is -2.39. The summed E-state index contributed by atoms with van der Waals surface area (Å²) in [5.74, 6) is -0.0622. The third-order valence-electron chi connectivity index (χ3n) is 4.74. The van der Waals surface area contributed by atoms with E-state index in [4.69, 9.17) is 4.74 Å². The molecule has 1 aromatic heterocycles. The van der Waals surface area contributed by atoms with Crippen molar-refractivity contribution in [3.63, 3.8) is 0 Å². The summed E-state index contributed by atoms with van der Waals surface area (Å²) < 4.78 is 18.5. The molecule has 2 aliphatic rings. The largest absolute Gasteiger partial charge is 0.376 e. The molecule has 7 nitrogen and oxygen atoms in total. The summed E-state index contributed by atoms with van der Waals surface area (Å²) in [5, 5.41) is 6.10. The van der Waals surface area contributed by atoms with Crippen molar-refractivity contribution in [1.82, 2.24) is 20.6 Å². The molecule has 1 atom stereocenters. The number of halogens is 1. The lowest BCUT2D eigenvalue weighted by Gasteiger charge is -2.20. The molecule has 1 saturated carbocycles. The molecule has 1 unspecified atom stereocenters. The van der Waals surface area contributed by atoms with E-state index in [0.717, 1.165) is 18.5 Å². The molecule has 1 fully saturated rings. The Morgan fingerprint density at radius 3 is 2.85 bits per heavy atom. The van der Waals surface area contributed by atoms with Crippen molar-refractivity contribution in [1.29, 1.82) is 0 Å². The van der Waals surface area contributed by atoms with Crippen LogP contribution in [0, 0.1) is 5.82 Å². The van der Waals surface area contributed by atoms with Crippen molar-refractivity contribution in [3.8, 4) is 0 Å².